The molecule has 2 rings (SSSR count). The van der Waals surface area contributed by atoms with Crippen molar-refractivity contribution in [3.63, 3.8) is 0 Å². The fourth-order valence-corrected chi connectivity index (χ4v) is 2.52. The largest absolute Gasteiger partial charge is 0.490 e. The van der Waals surface area contributed by atoms with Gasteiger partial charge in [0.1, 0.15) is 6.61 Å². The third-order valence-corrected chi connectivity index (χ3v) is 4.31. The summed E-state index contributed by atoms with van der Waals surface area (Å²) in [5, 5.41) is 4.22. The molecule has 3 nitrogen and oxygen atoms in total. The van der Waals surface area contributed by atoms with Gasteiger partial charge in [-0.25, -0.2) is 0 Å². The van der Waals surface area contributed by atoms with E-state index < -0.39 is 0 Å². The van der Waals surface area contributed by atoms with Gasteiger partial charge >= 0.3 is 0 Å². The van der Waals surface area contributed by atoms with Crippen LogP contribution in [0.2, 0.25) is 5.02 Å². The summed E-state index contributed by atoms with van der Waals surface area (Å²) in [5.41, 5.74) is 2.06. The Morgan fingerprint density at radius 2 is 1.75 bits per heavy atom. The van der Waals surface area contributed by atoms with E-state index in [2.05, 4.69) is 25.2 Å². The minimum Gasteiger partial charge on any atom is -0.490 e. The molecule has 0 fully saturated rings. The number of hydrogen-bond acceptors (Lipinski definition) is 3. The van der Waals surface area contributed by atoms with Crippen LogP contribution < -0.4 is 14.8 Å². The number of nitrogens with one attached hydrogen (secondary N) is 1. The van der Waals surface area contributed by atoms with Gasteiger partial charge in [-0.15, -0.1) is 0 Å². The van der Waals surface area contributed by atoms with Crippen LogP contribution >= 0.6 is 11.6 Å². The predicted octanol–water partition coefficient (Wildman–Crippen LogP) is 5.21. The van der Waals surface area contributed by atoms with Crippen LogP contribution in [0.4, 0.5) is 0 Å². The molecule has 1 atom stereocenters. The average molecular weight is 348 g/mol. The first-order valence-electron chi connectivity index (χ1n) is 8.50. The Labute approximate surface area is 149 Å². The zero-order valence-electron chi connectivity index (χ0n) is 14.6. The first-order chi connectivity index (χ1) is 11.7. The molecule has 0 aliphatic rings. The standard InChI is InChI=1S/C20H26ClNO2/c1-4-15(3)22-13-16-10-8-12-19(23-5-2)20(16)24-14-17-9-6-7-11-18(17)21/h6-12,15,22H,4-5,13-14H2,1-3H3/t15-/m0/s1. The lowest BCUT2D eigenvalue weighted by atomic mass is 10.1. The van der Waals surface area contributed by atoms with Crippen molar-refractivity contribution in [3.8, 4) is 11.5 Å². The molecule has 0 saturated heterocycles. The highest BCUT2D eigenvalue weighted by atomic mass is 35.5. The zero-order valence-corrected chi connectivity index (χ0v) is 15.4. The van der Waals surface area contributed by atoms with Gasteiger partial charge in [0.15, 0.2) is 11.5 Å². The maximum Gasteiger partial charge on any atom is 0.166 e. The van der Waals surface area contributed by atoms with Gasteiger partial charge in [0.25, 0.3) is 0 Å². The van der Waals surface area contributed by atoms with Crippen LogP contribution in [-0.4, -0.2) is 12.6 Å². The average Bonchev–Trinajstić information content (AvgIpc) is 2.60. The van der Waals surface area contributed by atoms with Crippen LogP contribution in [0.25, 0.3) is 0 Å². The Morgan fingerprint density at radius 1 is 1.00 bits per heavy atom. The van der Waals surface area contributed by atoms with Crippen molar-refractivity contribution in [2.75, 3.05) is 6.61 Å². The van der Waals surface area contributed by atoms with Crippen molar-refractivity contribution in [1.29, 1.82) is 0 Å². The SMILES string of the molecule is CCOc1cccc(CN[C@@H](C)CC)c1OCc1ccccc1Cl. The Balaban J connectivity index is 2.19. The van der Waals surface area contributed by atoms with Crippen molar-refractivity contribution in [2.45, 2.75) is 46.4 Å². The topological polar surface area (TPSA) is 30.5 Å². The molecule has 0 aliphatic carbocycles. The lowest BCUT2D eigenvalue weighted by Crippen LogP contribution is -2.24. The fourth-order valence-electron chi connectivity index (χ4n) is 2.33. The molecule has 0 unspecified atom stereocenters. The molecule has 0 aromatic heterocycles. The van der Waals surface area contributed by atoms with E-state index in [-0.39, 0.29) is 0 Å². The van der Waals surface area contributed by atoms with Gasteiger partial charge in [-0.3, -0.25) is 0 Å². The van der Waals surface area contributed by atoms with E-state index in [0.717, 1.165) is 35.6 Å². The summed E-state index contributed by atoms with van der Waals surface area (Å²) < 4.78 is 11.8. The molecule has 0 spiro atoms. The summed E-state index contributed by atoms with van der Waals surface area (Å²) in [6, 6.07) is 14.2. The van der Waals surface area contributed by atoms with E-state index in [1.807, 2.05) is 43.3 Å². The molecule has 24 heavy (non-hydrogen) atoms. The van der Waals surface area contributed by atoms with Gasteiger partial charge < -0.3 is 14.8 Å². The summed E-state index contributed by atoms with van der Waals surface area (Å²) in [6.45, 7) is 8.08. The van der Waals surface area contributed by atoms with Gasteiger partial charge in [-0.05, 0) is 32.4 Å². The molecule has 1 N–H and O–H groups in total. The monoisotopic (exact) mass is 347 g/mol. The Bertz CT molecular complexity index is 645. The van der Waals surface area contributed by atoms with E-state index in [4.69, 9.17) is 21.1 Å². The molecule has 2 aromatic carbocycles. The maximum atomic E-state index is 6.23. The van der Waals surface area contributed by atoms with Crippen LogP contribution in [-0.2, 0) is 13.2 Å². The summed E-state index contributed by atoms with van der Waals surface area (Å²) in [5.74, 6) is 1.56. The van der Waals surface area contributed by atoms with E-state index in [1.165, 1.54) is 0 Å². The van der Waals surface area contributed by atoms with Crippen LogP contribution in [0.1, 0.15) is 38.3 Å². The second-order valence-electron chi connectivity index (χ2n) is 5.75. The predicted molar refractivity (Wildman–Crippen MR) is 100.0 cm³/mol. The highest BCUT2D eigenvalue weighted by Gasteiger charge is 2.13. The molecular weight excluding hydrogens is 322 g/mol. The third kappa shape index (κ3) is 5.15. The quantitative estimate of drug-likeness (QED) is 0.675. The minimum atomic E-state index is 0.417. The van der Waals surface area contributed by atoms with Crippen molar-refractivity contribution >= 4 is 11.6 Å². The summed E-state index contributed by atoms with van der Waals surface area (Å²) in [4.78, 5) is 0. The molecule has 130 valence electrons. The van der Waals surface area contributed by atoms with Crippen LogP contribution in [0.15, 0.2) is 42.5 Å². The normalized spacial score (nSPS) is 12.0. The van der Waals surface area contributed by atoms with E-state index in [0.29, 0.717) is 24.3 Å². The lowest BCUT2D eigenvalue weighted by molar-refractivity contribution is 0.266. The Morgan fingerprint density at radius 3 is 2.46 bits per heavy atom. The molecule has 0 radical (unpaired) electrons. The molecule has 0 bridgehead atoms. The Kier molecular flexibility index (Phi) is 7.41. The molecular formula is C20H26ClNO2. The third-order valence-electron chi connectivity index (χ3n) is 3.94. The maximum absolute atomic E-state index is 6.23. The Hall–Kier alpha value is -1.71. The van der Waals surface area contributed by atoms with E-state index in [9.17, 15) is 0 Å². The molecule has 0 heterocycles. The minimum absolute atomic E-state index is 0.417. The van der Waals surface area contributed by atoms with Gasteiger partial charge in [0, 0.05) is 28.7 Å². The molecule has 0 aliphatic heterocycles. The molecule has 2 aromatic rings. The number of para-hydroxylation sites is 1. The van der Waals surface area contributed by atoms with Crippen molar-refractivity contribution < 1.29 is 9.47 Å². The van der Waals surface area contributed by atoms with Crippen LogP contribution in [0.3, 0.4) is 0 Å². The summed E-state index contributed by atoms with van der Waals surface area (Å²) >= 11 is 6.23. The second kappa shape index (κ2) is 9.55. The van der Waals surface area contributed by atoms with E-state index in [1.54, 1.807) is 0 Å². The lowest BCUT2D eigenvalue weighted by Gasteiger charge is -2.18. The highest BCUT2D eigenvalue weighted by Crippen LogP contribution is 2.32. The second-order valence-corrected chi connectivity index (χ2v) is 6.15. The van der Waals surface area contributed by atoms with Gasteiger partial charge in [0.2, 0.25) is 0 Å². The smallest absolute Gasteiger partial charge is 0.166 e. The number of benzene rings is 2. The number of hydrogen-bond donors (Lipinski definition) is 1. The fraction of sp³-hybridized carbons (Fsp3) is 0.400. The number of ether oxygens (including phenoxy) is 2. The van der Waals surface area contributed by atoms with Crippen molar-refractivity contribution in [2.24, 2.45) is 0 Å². The van der Waals surface area contributed by atoms with Crippen molar-refractivity contribution in [3.05, 3.63) is 58.6 Å². The van der Waals surface area contributed by atoms with Crippen molar-refractivity contribution in [1.82, 2.24) is 5.32 Å². The van der Waals surface area contributed by atoms with Gasteiger partial charge in [-0.1, -0.05) is 48.9 Å². The molecule has 0 saturated carbocycles. The number of halogens is 1. The van der Waals surface area contributed by atoms with Gasteiger partial charge in [0.05, 0.1) is 6.61 Å². The highest BCUT2D eigenvalue weighted by molar-refractivity contribution is 6.31. The van der Waals surface area contributed by atoms with E-state index >= 15 is 0 Å². The summed E-state index contributed by atoms with van der Waals surface area (Å²) in [6.07, 6.45) is 1.08. The van der Waals surface area contributed by atoms with Crippen LogP contribution in [0, 0.1) is 0 Å². The summed E-state index contributed by atoms with van der Waals surface area (Å²) in [7, 11) is 0. The first-order valence-corrected chi connectivity index (χ1v) is 8.87. The number of rotatable bonds is 9. The van der Waals surface area contributed by atoms with Gasteiger partial charge in [-0.2, -0.15) is 0 Å². The molecule has 4 heteroatoms. The zero-order chi connectivity index (χ0) is 17.4. The van der Waals surface area contributed by atoms with Crippen LogP contribution in [0.5, 0.6) is 11.5 Å². The molecule has 0 amide bonds. The first kappa shape index (κ1) is 18.6.